The second kappa shape index (κ2) is 6.41. The Balaban J connectivity index is 2.21. The van der Waals surface area contributed by atoms with E-state index in [1.54, 1.807) is 0 Å². The van der Waals surface area contributed by atoms with Gasteiger partial charge in [-0.3, -0.25) is 10.1 Å². The molecule has 0 aromatic heterocycles. The molecule has 116 valence electrons. The second-order valence-electron chi connectivity index (χ2n) is 6.77. The van der Waals surface area contributed by atoms with Crippen molar-refractivity contribution in [3.8, 4) is 0 Å². The zero-order chi connectivity index (χ0) is 15.5. The molecule has 1 aliphatic rings. The smallest absolute Gasteiger partial charge is 0.242 e. The molecule has 4 heteroatoms. The van der Waals surface area contributed by atoms with Gasteiger partial charge in [0.15, 0.2) is 0 Å². The molecular formula is C17H26N2OS. The van der Waals surface area contributed by atoms with Crippen LogP contribution in [0.2, 0.25) is 0 Å². The van der Waals surface area contributed by atoms with Crippen molar-refractivity contribution < 1.29 is 4.79 Å². The molecule has 0 spiro atoms. The highest BCUT2D eigenvalue weighted by atomic mass is 32.2. The third-order valence-corrected chi connectivity index (χ3v) is 5.00. The Hall–Kier alpha value is -1.00. The standard InChI is InChI=1S/C17H26N2OS/c1-16(2,3)21-12-11-17(15(18)20,19-14-9-10-14)13-7-5-4-6-8-13/h4-8,14,19H,9-12H2,1-3H3,(H2,18,20). The Labute approximate surface area is 132 Å². The monoisotopic (exact) mass is 306 g/mol. The van der Waals surface area contributed by atoms with Crippen molar-refractivity contribution in [2.45, 2.75) is 56.4 Å². The number of thioether (sulfide) groups is 1. The van der Waals surface area contributed by atoms with E-state index in [1.807, 2.05) is 42.1 Å². The largest absolute Gasteiger partial charge is 0.368 e. The lowest BCUT2D eigenvalue weighted by Gasteiger charge is -2.33. The van der Waals surface area contributed by atoms with Gasteiger partial charge in [0.1, 0.15) is 5.54 Å². The van der Waals surface area contributed by atoms with Crippen LogP contribution in [0.5, 0.6) is 0 Å². The Morgan fingerprint density at radius 2 is 1.90 bits per heavy atom. The number of nitrogens with one attached hydrogen (secondary N) is 1. The lowest BCUT2D eigenvalue weighted by atomic mass is 9.86. The first kappa shape index (κ1) is 16.4. The molecule has 1 aromatic carbocycles. The maximum absolute atomic E-state index is 12.3. The predicted octanol–water partition coefficient (Wildman–Crippen LogP) is 3.04. The maximum atomic E-state index is 12.3. The van der Waals surface area contributed by atoms with E-state index in [0.29, 0.717) is 6.04 Å². The molecule has 1 unspecified atom stereocenters. The summed E-state index contributed by atoms with van der Waals surface area (Å²) < 4.78 is 0.194. The molecule has 0 aliphatic heterocycles. The fourth-order valence-electron chi connectivity index (χ4n) is 2.45. The van der Waals surface area contributed by atoms with E-state index >= 15 is 0 Å². The Morgan fingerprint density at radius 1 is 1.29 bits per heavy atom. The molecule has 1 fully saturated rings. The number of nitrogens with two attached hydrogens (primary N) is 1. The van der Waals surface area contributed by atoms with Gasteiger partial charge < -0.3 is 5.73 Å². The summed E-state index contributed by atoms with van der Waals surface area (Å²) >= 11 is 1.87. The lowest BCUT2D eigenvalue weighted by Crippen LogP contribution is -2.54. The van der Waals surface area contributed by atoms with Crippen molar-refractivity contribution in [3.05, 3.63) is 35.9 Å². The number of amides is 1. The Morgan fingerprint density at radius 3 is 2.38 bits per heavy atom. The van der Waals surface area contributed by atoms with Crippen LogP contribution in [0.25, 0.3) is 0 Å². The molecule has 0 saturated heterocycles. The summed E-state index contributed by atoms with van der Waals surface area (Å²) in [6, 6.07) is 10.3. The van der Waals surface area contributed by atoms with Gasteiger partial charge in [-0.25, -0.2) is 0 Å². The Bertz CT molecular complexity index is 479. The van der Waals surface area contributed by atoms with E-state index in [9.17, 15) is 4.79 Å². The number of benzene rings is 1. The van der Waals surface area contributed by atoms with Crippen molar-refractivity contribution in [2.24, 2.45) is 5.73 Å². The minimum atomic E-state index is -0.735. The van der Waals surface area contributed by atoms with Crippen molar-refractivity contribution in [1.82, 2.24) is 5.32 Å². The van der Waals surface area contributed by atoms with E-state index < -0.39 is 5.54 Å². The van der Waals surface area contributed by atoms with Gasteiger partial charge in [-0.15, -0.1) is 0 Å². The van der Waals surface area contributed by atoms with Gasteiger partial charge in [0.25, 0.3) is 0 Å². The van der Waals surface area contributed by atoms with E-state index in [2.05, 4.69) is 26.1 Å². The summed E-state index contributed by atoms with van der Waals surface area (Å²) in [4.78, 5) is 12.3. The lowest BCUT2D eigenvalue weighted by molar-refractivity contribution is -0.125. The summed E-state index contributed by atoms with van der Waals surface area (Å²) in [7, 11) is 0. The first-order chi connectivity index (χ1) is 9.83. The molecule has 0 heterocycles. The van der Waals surface area contributed by atoms with Crippen LogP contribution in [0.1, 0.15) is 45.6 Å². The SMILES string of the molecule is CC(C)(C)SCCC(NC1CC1)(C(N)=O)c1ccccc1. The van der Waals surface area contributed by atoms with Crippen LogP contribution in [0, 0.1) is 0 Å². The molecule has 21 heavy (non-hydrogen) atoms. The molecule has 1 aliphatic carbocycles. The molecule has 3 N–H and O–H groups in total. The zero-order valence-electron chi connectivity index (χ0n) is 13.2. The van der Waals surface area contributed by atoms with Crippen molar-refractivity contribution in [3.63, 3.8) is 0 Å². The van der Waals surface area contributed by atoms with Gasteiger partial charge in [-0.2, -0.15) is 11.8 Å². The molecule has 1 amide bonds. The van der Waals surface area contributed by atoms with Crippen LogP contribution in [-0.2, 0) is 10.3 Å². The van der Waals surface area contributed by atoms with Crippen LogP contribution in [-0.4, -0.2) is 22.4 Å². The molecule has 0 bridgehead atoms. The van der Waals surface area contributed by atoms with Crippen LogP contribution >= 0.6 is 11.8 Å². The molecule has 1 atom stereocenters. The highest BCUT2D eigenvalue weighted by molar-refractivity contribution is 8.00. The van der Waals surface area contributed by atoms with Crippen LogP contribution < -0.4 is 11.1 Å². The van der Waals surface area contributed by atoms with E-state index in [1.165, 1.54) is 0 Å². The third-order valence-electron chi connectivity index (χ3n) is 3.73. The van der Waals surface area contributed by atoms with Gasteiger partial charge in [0.2, 0.25) is 5.91 Å². The Kier molecular flexibility index (Phi) is 4.99. The quantitative estimate of drug-likeness (QED) is 0.814. The van der Waals surface area contributed by atoms with Crippen LogP contribution in [0.4, 0.5) is 0 Å². The fourth-order valence-corrected chi connectivity index (χ4v) is 3.47. The van der Waals surface area contributed by atoms with Crippen molar-refractivity contribution in [1.29, 1.82) is 0 Å². The average Bonchev–Trinajstić information content (AvgIpc) is 3.20. The highest BCUT2D eigenvalue weighted by Crippen LogP contribution is 2.34. The molecule has 0 radical (unpaired) electrons. The van der Waals surface area contributed by atoms with Gasteiger partial charge in [0.05, 0.1) is 0 Å². The van der Waals surface area contributed by atoms with Gasteiger partial charge >= 0.3 is 0 Å². The van der Waals surface area contributed by atoms with Gasteiger partial charge in [-0.1, -0.05) is 51.1 Å². The minimum Gasteiger partial charge on any atom is -0.368 e. The van der Waals surface area contributed by atoms with Crippen LogP contribution in [0.3, 0.4) is 0 Å². The number of hydrogen-bond donors (Lipinski definition) is 2. The predicted molar refractivity (Wildman–Crippen MR) is 90.3 cm³/mol. The summed E-state index contributed by atoms with van der Waals surface area (Å²) in [6.07, 6.45) is 2.99. The third kappa shape index (κ3) is 4.48. The topological polar surface area (TPSA) is 55.1 Å². The number of primary amides is 1. The summed E-state index contributed by atoms with van der Waals surface area (Å²) in [5.41, 5.74) is 6.07. The number of carbonyl (C=O) groups is 1. The van der Waals surface area contributed by atoms with Crippen molar-refractivity contribution in [2.75, 3.05) is 5.75 Å². The van der Waals surface area contributed by atoms with E-state index in [-0.39, 0.29) is 10.7 Å². The first-order valence-electron chi connectivity index (χ1n) is 7.61. The average molecular weight is 306 g/mol. The summed E-state index contributed by atoms with van der Waals surface area (Å²) in [6.45, 7) is 6.58. The normalized spacial score (nSPS) is 18.2. The number of carbonyl (C=O) groups excluding carboxylic acids is 1. The highest BCUT2D eigenvalue weighted by Gasteiger charge is 2.42. The molecular weight excluding hydrogens is 280 g/mol. The van der Waals surface area contributed by atoms with Crippen molar-refractivity contribution >= 4 is 17.7 Å². The van der Waals surface area contributed by atoms with E-state index in [0.717, 1.165) is 30.6 Å². The summed E-state index contributed by atoms with van der Waals surface area (Å²) in [5, 5.41) is 3.52. The molecule has 2 rings (SSSR count). The second-order valence-corrected chi connectivity index (χ2v) is 8.69. The minimum absolute atomic E-state index is 0.194. The fraction of sp³-hybridized carbons (Fsp3) is 0.588. The number of hydrogen-bond acceptors (Lipinski definition) is 3. The maximum Gasteiger partial charge on any atom is 0.242 e. The van der Waals surface area contributed by atoms with Gasteiger partial charge in [-0.05, 0) is 30.6 Å². The summed E-state index contributed by atoms with van der Waals surface area (Å²) in [5.74, 6) is 0.635. The van der Waals surface area contributed by atoms with E-state index in [4.69, 9.17) is 5.73 Å². The molecule has 1 saturated carbocycles. The van der Waals surface area contributed by atoms with Crippen LogP contribution in [0.15, 0.2) is 30.3 Å². The molecule has 1 aromatic rings. The van der Waals surface area contributed by atoms with Gasteiger partial charge in [0, 0.05) is 10.8 Å². The zero-order valence-corrected chi connectivity index (χ0v) is 14.0. The number of rotatable bonds is 7. The first-order valence-corrected chi connectivity index (χ1v) is 8.59. The molecule has 3 nitrogen and oxygen atoms in total.